The summed E-state index contributed by atoms with van der Waals surface area (Å²) in [4.78, 5) is 14.1. The van der Waals surface area contributed by atoms with Crippen molar-refractivity contribution in [3.8, 4) is 17.2 Å². The van der Waals surface area contributed by atoms with E-state index >= 15 is 0 Å². The van der Waals surface area contributed by atoms with Gasteiger partial charge < -0.3 is 4.98 Å². The van der Waals surface area contributed by atoms with Gasteiger partial charge in [0, 0.05) is 11.8 Å². The molecule has 1 aromatic heterocycles. The van der Waals surface area contributed by atoms with Crippen molar-refractivity contribution in [2.45, 2.75) is 6.42 Å². The van der Waals surface area contributed by atoms with E-state index in [1.54, 1.807) is 24.4 Å². The molecule has 6 heteroatoms. The highest BCUT2D eigenvalue weighted by Gasteiger charge is 2.09. The van der Waals surface area contributed by atoms with Crippen molar-refractivity contribution >= 4 is 34.8 Å². The summed E-state index contributed by atoms with van der Waals surface area (Å²) in [6.07, 6.45) is 1.58. The Bertz CT molecular complexity index is 708. The number of pyridine rings is 1. The topological polar surface area (TPSA) is 56.6 Å². The summed E-state index contributed by atoms with van der Waals surface area (Å²) in [6, 6.07) is 6.88. The molecule has 0 saturated carbocycles. The predicted molar refractivity (Wildman–Crippen MR) is 76.8 cm³/mol. The summed E-state index contributed by atoms with van der Waals surface area (Å²) in [5, 5.41) is 9.62. The van der Waals surface area contributed by atoms with E-state index < -0.39 is 0 Å². The lowest BCUT2D eigenvalue weighted by atomic mass is 10.1. The lowest BCUT2D eigenvalue weighted by molar-refractivity contribution is 1.13. The number of aromatic amines is 1. The number of benzene rings is 1. The number of H-pyrrole nitrogens is 1. The van der Waals surface area contributed by atoms with E-state index in [-0.39, 0.29) is 17.0 Å². The van der Waals surface area contributed by atoms with Crippen molar-refractivity contribution < 1.29 is 0 Å². The number of aromatic nitrogens is 1. The molecule has 0 radical (unpaired) electrons. The maximum Gasteiger partial charge on any atom is 0.252 e. The van der Waals surface area contributed by atoms with Crippen molar-refractivity contribution in [2.75, 3.05) is 0 Å². The molecule has 1 aromatic carbocycles. The fourth-order valence-electron chi connectivity index (χ4n) is 1.64. The molecule has 0 fully saturated rings. The van der Waals surface area contributed by atoms with Gasteiger partial charge in [0.15, 0.2) is 0 Å². The molecule has 0 aliphatic carbocycles. The second kappa shape index (κ2) is 5.66. The minimum absolute atomic E-state index is 0.0399. The SMILES string of the molecule is N#CCc1cc(-c2cc(Cl)c(Cl)c(Cl)c2)c[nH]c1=O. The smallest absolute Gasteiger partial charge is 0.252 e. The molecule has 0 spiro atoms. The van der Waals surface area contributed by atoms with Gasteiger partial charge >= 0.3 is 0 Å². The summed E-state index contributed by atoms with van der Waals surface area (Å²) < 4.78 is 0. The highest BCUT2D eigenvalue weighted by atomic mass is 35.5. The number of hydrogen-bond donors (Lipinski definition) is 1. The van der Waals surface area contributed by atoms with Crippen LogP contribution in [0.1, 0.15) is 5.56 Å². The van der Waals surface area contributed by atoms with Gasteiger partial charge in [-0.1, -0.05) is 34.8 Å². The summed E-state index contributed by atoms with van der Waals surface area (Å²) in [5.74, 6) is 0. The van der Waals surface area contributed by atoms with Gasteiger partial charge in [-0.15, -0.1) is 0 Å². The van der Waals surface area contributed by atoms with Crippen LogP contribution in [-0.4, -0.2) is 4.98 Å². The second-order valence-corrected chi connectivity index (χ2v) is 5.02. The molecule has 1 N–H and O–H groups in total. The molecule has 1 heterocycles. The van der Waals surface area contributed by atoms with E-state index in [4.69, 9.17) is 40.1 Å². The molecule has 0 amide bonds. The van der Waals surface area contributed by atoms with Gasteiger partial charge in [-0.25, -0.2) is 0 Å². The maximum atomic E-state index is 11.5. The molecule has 0 aliphatic rings. The zero-order valence-corrected chi connectivity index (χ0v) is 11.8. The third kappa shape index (κ3) is 2.93. The molecule has 0 aliphatic heterocycles. The van der Waals surface area contributed by atoms with Crippen LogP contribution in [0.3, 0.4) is 0 Å². The Morgan fingerprint density at radius 3 is 2.32 bits per heavy atom. The van der Waals surface area contributed by atoms with Gasteiger partial charge in [0.2, 0.25) is 0 Å². The highest BCUT2D eigenvalue weighted by molar-refractivity contribution is 6.48. The van der Waals surface area contributed by atoms with Crippen molar-refractivity contribution in [3.63, 3.8) is 0 Å². The Hall–Kier alpha value is -1.47. The molecule has 96 valence electrons. The molecule has 0 atom stereocenters. The summed E-state index contributed by atoms with van der Waals surface area (Å²) >= 11 is 17.8. The van der Waals surface area contributed by atoms with Gasteiger partial charge in [0.25, 0.3) is 5.56 Å². The van der Waals surface area contributed by atoms with Gasteiger partial charge in [0.05, 0.1) is 27.6 Å². The third-order valence-electron chi connectivity index (χ3n) is 2.57. The van der Waals surface area contributed by atoms with Crippen molar-refractivity contribution in [2.24, 2.45) is 0 Å². The summed E-state index contributed by atoms with van der Waals surface area (Å²) in [5.41, 5.74) is 1.54. The van der Waals surface area contributed by atoms with Crippen LogP contribution in [0, 0.1) is 11.3 Å². The van der Waals surface area contributed by atoms with Gasteiger partial charge in [0.1, 0.15) is 0 Å². The Labute approximate surface area is 124 Å². The minimum atomic E-state index is -0.281. The average molecular weight is 314 g/mol. The number of nitrogens with one attached hydrogen (secondary N) is 1. The van der Waals surface area contributed by atoms with Crippen LogP contribution in [0.5, 0.6) is 0 Å². The molecule has 3 nitrogen and oxygen atoms in total. The van der Waals surface area contributed by atoms with Crippen LogP contribution in [0.4, 0.5) is 0 Å². The standard InChI is InChI=1S/C13H7Cl3N2O/c14-10-4-8(5-11(15)12(10)16)9-3-7(1-2-17)13(19)18-6-9/h3-6H,1H2,(H,18,19). The molecule has 19 heavy (non-hydrogen) atoms. The average Bonchev–Trinajstić information content (AvgIpc) is 2.38. The first-order valence-electron chi connectivity index (χ1n) is 5.26. The first-order chi connectivity index (χ1) is 9.02. The van der Waals surface area contributed by atoms with E-state index in [0.29, 0.717) is 21.2 Å². The lowest BCUT2D eigenvalue weighted by Gasteiger charge is -2.06. The van der Waals surface area contributed by atoms with Crippen LogP contribution in [0.15, 0.2) is 29.2 Å². The highest BCUT2D eigenvalue weighted by Crippen LogP contribution is 2.34. The molecule has 2 rings (SSSR count). The number of hydrogen-bond acceptors (Lipinski definition) is 2. The third-order valence-corrected chi connectivity index (χ3v) is 3.76. The van der Waals surface area contributed by atoms with Gasteiger partial charge in [-0.05, 0) is 29.3 Å². The van der Waals surface area contributed by atoms with E-state index in [0.717, 1.165) is 5.56 Å². The zero-order valence-electron chi connectivity index (χ0n) is 9.51. The van der Waals surface area contributed by atoms with E-state index in [1.165, 1.54) is 0 Å². The minimum Gasteiger partial charge on any atom is -0.328 e. The summed E-state index contributed by atoms with van der Waals surface area (Å²) in [6.45, 7) is 0. The van der Waals surface area contributed by atoms with Crippen LogP contribution < -0.4 is 5.56 Å². The van der Waals surface area contributed by atoms with Gasteiger partial charge in [-0.3, -0.25) is 4.79 Å². The number of rotatable bonds is 2. The number of nitriles is 1. The quantitative estimate of drug-likeness (QED) is 0.850. The number of halogens is 3. The van der Waals surface area contributed by atoms with E-state index in [1.807, 2.05) is 6.07 Å². The molecular weight excluding hydrogens is 307 g/mol. The van der Waals surface area contributed by atoms with Crippen LogP contribution in [0.2, 0.25) is 15.1 Å². The van der Waals surface area contributed by atoms with E-state index in [2.05, 4.69) is 4.98 Å². The van der Waals surface area contributed by atoms with Crippen LogP contribution in [-0.2, 0) is 6.42 Å². The van der Waals surface area contributed by atoms with Gasteiger partial charge in [-0.2, -0.15) is 5.26 Å². The van der Waals surface area contributed by atoms with E-state index in [9.17, 15) is 4.79 Å². The predicted octanol–water partition coefficient (Wildman–Crippen LogP) is 4.07. The Balaban J connectivity index is 2.57. The van der Waals surface area contributed by atoms with Crippen LogP contribution in [0.25, 0.3) is 11.1 Å². The fourth-order valence-corrected chi connectivity index (χ4v) is 2.23. The van der Waals surface area contributed by atoms with Crippen molar-refractivity contribution in [1.82, 2.24) is 4.98 Å². The maximum absolute atomic E-state index is 11.5. The Kier molecular flexibility index (Phi) is 4.16. The fraction of sp³-hybridized carbons (Fsp3) is 0.0769. The molecular formula is C13H7Cl3N2O. The normalized spacial score (nSPS) is 10.2. The van der Waals surface area contributed by atoms with Crippen molar-refractivity contribution in [1.29, 1.82) is 5.26 Å². The number of nitrogens with zero attached hydrogens (tertiary/aromatic N) is 1. The van der Waals surface area contributed by atoms with Crippen LogP contribution >= 0.6 is 34.8 Å². The van der Waals surface area contributed by atoms with Crippen molar-refractivity contribution in [3.05, 3.63) is 55.4 Å². The summed E-state index contributed by atoms with van der Waals surface area (Å²) in [7, 11) is 0. The molecule has 0 saturated heterocycles. The molecule has 2 aromatic rings. The monoisotopic (exact) mass is 312 g/mol. The first-order valence-corrected chi connectivity index (χ1v) is 6.40. The Morgan fingerprint density at radius 2 is 1.74 bits per heavy atom. The zero-order chi connectivity index (χ0) is 14.0. The lowest BCUT2D eigenvalue weighted by Crippen LogP contribution is -2.11. The largest absolute Gasteiger partial charge is 0.328 e. The Morgan fingerprint density at radius 1 is 1.11 bits per heavy atom. The second-order valence-electron chi connectivity index (χ2n) is 3.83. The first kappa shape index (κ1) is 14.0. The molecule has 0 bridgehead atoms. The molecule has 0 unspecified atom stereocenters.